The first-order valence-corrected chi connectivity index (χ1v) is 10.5. The second-order valence-corrected chi connectivity index (χ2v) is 8.89. The van der Waals surface area contributed by atoms with Gasteiger partial charge in [0.25, 0.3) is 0 Å². The zero-order valence-electron chi connectivity index (χ0n) is 14.3. The minimum Gasteiger partial charge on any atom is -0.324 e. The lowest BCUT2D eigenvalue weighted by Crippen LogP contribution is -2.45. The van der Waals surface area contributed by atoms with Gasteiger partial charge < -0.3 is 5.32 Å². The fraction of sp³-hybridized carbons (Fsp3) is 0.235. The van der Waals surface area contributed by atoms with Gasteiger partial charge >= 0.3 is 0 Å². The first-order valence-electron chi connectivity index (χ1n) is 7.52. The standard InChI is InChI=1S/C17H17Cl3N2O3S/c1-10-8-12(18)4-7-16(10)21-17(23)11(2)22(26(3,24)25)13-5-6-14(19)15(20)9-13/h4-9,11H,1-3H3,(H,21,23)/t11-/m1/s1. The lowest BCUT2D eigenvalue weighted by Gasteiger charge is -2.28. The Kier molecular flexibility index (Phi) is 6.45. The Labute approximate surface area is 167 Å². The Hall–Kier alpha value is -1.47. The van der Waals surface area contributed by atoms with Crippen LogP contribution in [0.25, 0.3) is 0 Å². The van der Waals surface area contributed by atoms with E-state index in [4.69, 9.17) is 34.8 Å². The zero-order chi connectivity index (χ0) is 19.6. The third-order valence-corrected chi connectivity index (χ3v) is 5.91. The van der Waals surface area contributed by atoms with Gasteiger partial charge in [-0.1, -0.05) is 34.8 Å². The van der Waals surface area contributed by atoms with Gasteiger partial charge in [0.05, 0.1) is 22.0 Å². The van der Waals surface area contributed by atoms with E-state index >= 15 is 0 Å². The van der Waals surface area contributed by atoms with Crippen LogP contribution < -0.4 is 9.62 Å². The van der Waals surface area contributed by atoms with Crippen LogP contribution in [-0.2, 0) is 14.8 Å². The molecule has 1 atom stereocenters. The van der Waals surface area contributed by atoms with Crippen molar-refractivity contribution in [1.82, 2.24) is 0 Å². The molecule has 0 aromatic heterocycles. The third kappa shape index (κ3) is 4.82. The highest BCUT2D eigenvalue weighted by Crippen LogP contribution is 2.30. The van der Waals surface area contributed by atoms with E-state index in [1.165, 1.54) is 25.1 Å². The van der Waals surface area contributed by atoms with E-state index in [0.717, 1.165) is 16.1 Å². The SMILES string of the molecule is Cc1cc(Cl)ccc1NC(=O)[C@@H](C)N(c1ccc(Cl)c(Cl)c1)S(C)(=O)=O. The number of hydrogen-bond acceptors (Lipinski definition) is 3. The van der Waals surface area contributed by atoms with Crippen molar-refractivity contribution >= 4 is 62.1 Å². The van der Waals surface area contributed by atoms with Crippen molar-refractivity contribution in [1.29, 1.82) is 0 Å². The number of aryl methyl sites for hydroxylation is 1. The molecule has 0 aliphatic rings. The molecule has 2 aromatic rings. The molecular weight excluding hydrogens is 419 g/mol. The largest absolute Gasteiger partial charge is 0.324 e. The normalized spacial score (nSPS) is 12.5. The monoisotopic (exact) mass is 434 g/mol. The second kappa shape index (κ2) is 8.05. The average Bonchev–Trinajstić information content (AvgIpc) is 2.52. The Morgan fingerprint density at radius 2 is 1.73 bits per heavy atom. The van der Waals surface area contributed by atoms with Crippen molar-refractivity contribution in [3.8, 4) is 0 Å². The van der Waals surface area contributed by atoms with Crippen molar-refractivity contribution in [3.63, 3.8) is 0 Å². The maximum atomic E-state index is 12.7. The molecule has 0 unspecified atom stereocenters. The fourth-order valence-corrected chi connectivity index (χ4v) is 4.12. The van der Waals surface area contributed by atoms with Crippen molar-refractivity contribution < 1.29 is 13.2 Å². The summed E-state index contributed by atoms with van der Waals surface area (Å²) < 4.78 is 25.6. The van der Waals surface area contributed by atoms with Crippen LogP contribution in [0.5, 0.6) is 0 Å². The molecule has 0 spiro atoms. The van der Waals surface area contributed by atoms with Crippen LogP contribution in [0.15, 0.2) is 36.4 Å². The van der Waals surface area contributed by atoms with Crippen LogP contribution in [0.4, 0.5) is 11.4 Å². The molecule has 0 aliphatic carbocycles. The number of nitrogens with one attached hydrogen (secondary N) is 1. The van der Waals surface area contributed by atoms with Crippen molar-refractivity contribution in [2.75, 3.05) is 15.9 Å². The maximum absolute atomic E-state index is 12.7. The molecule has 0 bridgehead atoms. The Morgan fingerprint density at radius 3 is 2.27 bits per heavy atom. The Bertz CT molecular complexity index is 948. The molecule has 140 valence electrons. The number of halogens is 3. The highest BCUT2D eigenvalue weighted by atomic mass is 35.5. The van der Waals surface area contributed by atoms with Crippen LogP contribution in [0.3, 0.4) is 0 Å². The van der Waals surface area contributed by atoms with Crippen LogP contribution in [0.1, 0.15) is 12.5 Å². The van der Waals surface area contributed by atoms with E-state index in [-0.39, 0.29) is 15.7 Å². The summed E-state index contributed by atoms with van der Waals surface area (Å²) in [6.45, 7) is 3.28. The molecule has 1 N–H and O–H groups in total. The molecule has 1 amide bonds. The van der Waals surface area contributed by atoms with Crippen LogP contribution in [0, 0.1) is 6.92 Å². The number of carbonyl (C=O) groups is 1. The van der Waals surface area contributed by atoms with Crippen LogP contribution in [-0.4, -0.2) is 26.6 Å². The zero-order valence-corrected chi connectivity index (χ0v) is 17.3. The number of carbonyl (C=O) groups excluding carboxylic acids is 1. The van der Waals surface area contributed by atoms with E-state index in [1.807, 2.05) is 0 Å². The molecule has 2 aromatic carbocycles. The van der Waals surface area contributed by atoms with Crippen molar-refractivity contribution in [3.05, 3.63) is 57.0 Å². The predicted octanol–water partition coefficient (Wildman–Crippen LogP) is 4.75. The fourth-order valence-electron chi connectivity index (χ4n) is 2.44. The maximum Gasteiger partial charge on any atom is 0.248 e. The number of anilines is 2. The molecule has 26 heavy (non-hydrogen) atoms. The highest BCUT2D eigenvalue weighted by molar-refractivity contribution is 7.92. The second-order valence-electron chi connectivity index (χ2n) is 5.78. The lowest BCUT2D eigenvalue weighted by atomic mass is 10.2. The minimum absolute atomic E-state index is 0.193. The van der Waals surface area contributed by atoms with E-state index in [2.05, 4.69) is 5.32 Å². The number of sulfonamides is 1. The number of rotatable bonds is 5. The van der Waals surface area contributed by atoms with Gasteiger partial charge in [-0.3, -0.25) is 9.10 Å². The van der Waals surface area contributed by atoms with Gasteiger partial charge in [-0.15, -0.1) is 0 Å². The van der Waals surface area contributed by atoms with Gasteiger partial charge in [-0.25, -0.2) is 8.42 Å². The van der Waals surface area contributed by atoms with Gasteiger partial charge in [-0.05, 0) is 55.8 Å². The van der Waals surface area contributed by atoms with Crippen LogP contribution >= 0.6 is 34.8 Å². The smallest absolute Gasteiger partial charge is 0.248 e. The van der Waals surface area contributed by atoms with E-state index in [1.54, 1.807) is 25.1 Å². The Morgan fingerprint density at radius 1 is 1.08 bits per heavy atom. The molecule has 0 radical (unpaired) electrons. The summed E-state index contributed by atoms with van der Waals surface area (Å²) in [5, 5.41) is 3.75. The van der Waals surface area contributed by atoms with Gasteiger partial charge in [0.15, 0.2) is 0 Å². The first-order chi connectivity index (χ1) is 12.0. The van der Waals surface area contributed by atoms with Crippen molar-refractivity contribution in [2.24, 2.45) is 0 Å². The molecule has 0 heterocycles. The van der Waals surface area contributed by atoms with Gasteiger partial charge in [0.1, 0.15) is 6.04 Å². The van der Waals surface area contributed by atoms with Gasteiger partial charge in [0.2, 0.25) is 15.9 Å². The molecule has 0 saturated heterocycles. The summed E-state index contributed by atoms with van der Waals surface area (Å²) in [7, 11) is -3.75. The molecule has 5 nitrogen and oxygen atoms in total. The number of benzene rings is 2. The third-order valence-electron chi connectivity index (χ3n) is 3.69. The first kappa shape index (κ1) is 20.8. The molecular formula is C17H17Cl3N2O3S. The summed E-state index contributed by atoms with van der Waals surface area (Å²) in [6.07, 6.45) is 1.02. The van der Waals surface area contributed by atoms with Gasteiger partial charge in [-0.2, -0.15) is 0 Å². The van der Waals surface area contributed by atoms with E-state index < -0.39 is 22.0 Å². The quantitative estimate of drug-likeness (QED) is 0.737. The number of amides is 1. The summed E-state index contributed by atoms with van der Waals surface area (Å²) in [5.74, 6) is -0.494. The van der Waals surface area contributed by atoms with Gasteiger partial charge in [0, 0.05) is 10.7 Å². The molecule has 0 fully saturated rings. The van der Waals surface area contributed by atoms with Crippen LogP contribution in [0.2, 0.25) is 15.1 Å². The minimum atomic E-state index is -3.75. The predicted molar refractivity (Wildman–Crippen MR) is 108 cm³/mol. The highest BCUT2D eigenvalue weighted by Gasteiger charge is 2.29. The van der Waals surface area contributed by atoms with E-state index in [9.17, 15) is 13.2 Å². The Balaban J connectivity index is 2.35. The summed E-state index contributed by atoms with van der Waals surface area (Å²) in [6, 6.07) is 8.36. The molecule has 2 rings (SSSR count). The summed E-state index contributed by atoms with van der Waals surface area (Å²) in [4.78, 5) is 12.7. The number of hydrogen-bond donors (Lipinski definition) is 1. The molecule has 9 heteroatoms. The molecule has 0 aliphatic heterocycles. The lowest BCUT2D eigenvalue weighted by molar-refractivity contribution is -0.116. The van der Waals surface area contributed by atoms with Crippen molar-refractivity contribution in [2.45, 2.75) is 19.9 Å². The molecule has 0 saturated carbocycles. The number of nitrogens with zero attached hydrogens (tertiary/aromatic N) is 1. The van der Waals surface area contributed by atoms with E-state index in [0.29, 0.717) is 10.7 Å². The summed E-state index contributed by atoms with van der Waals surface area (Å²) in [5.41, 5.74) is 1.56. The average molecular weight is 436 g/mol. The summed E-state index contributed by atoms with van der Waals surface area (Å²) >= 11 is 17.8. The topological polar surface area (TPSA) is 66.5 Å².